The van der Waals surface area contributed by atoms with Crippen molar-refractivity contribution in [3.05, 3.63) is 34.2 Å². The van der Waals surface area contributed by atoms with Gasteiger partial charge in [-0.05, 0) is 30.7 Å². The first-order chi connectivity index (χ1) is 10.5. The van der Waals surface area contributed by atoms with E-state index in [4.69, 9.17) is 5.73 Å². The fourth-order valence-electron chi connectivity index (χ4n) is 3.92. The quantitative estimate of drug-likeness (QED) is 0.911. The Morgan fingerprint density at radius 2 is 2.09 bits per heavy atom. The summed E-state index contributed by atoms with van der Waals surface area (Å²) in [6.07, 6.45) is 1.79. The number of nitrogens with two attached hydrogens (primary N) is 1. The number of likely N-dealkylation sites (tertiary alicyclic amines) is 1. The maximum atomic E-state index is 12.6. The van der Waals surface area contributed by atoms with Crippen LogP contribution >= 0.6 is 0 Å². The normalized spacial score (nSPS) is 25.0. The third-order valence-electron chi connectivity index (χ3n) is 4.83. The van der Waals surface area contributed by atoms with Gasteiger partial charge >= 0.3 is 0 Å². The zero-order chi connectivity index (χ0) is 15.9. The van der Waals surface area contributed by atoms with E-state index in [1.54, 1.807) is 6.07 Å². The van der Waals surface area contributed by atoms with Gasteiger partial charge in [-0.25, -0.2) is 0 Å². The van der Waals surface area contributed by atoms with Gasteiger partial charge in [0, 0.05) is 37.3 Å². The van der Waals surface area contributed by atoms with Crippen LogP contribution in [0.2, 0.25) is 0 Å². The average molecular weight is 303 g/mol. The van der Waals surface area contributed by atoms with Gasteiger partial charge in [-0.1, -0.05) is 19.9 Å². The van der Waals surface area contributed by atoms with Gasteiger partial charge in [-0.15, -0.1) is 0 Å². The van der Waals surface area contributed by atoms with E-state index in [9.17, 15) is 9.59 Å². The lowest BCUT2D eigenvalue weighted by molar-refractivity contribution is -0.135. The molecule has 2 bridgehead atoms. The summed E-state index contributed by atoms with van der Waals surface area (Å²) in [5, 5.41) is 0. The number of piperidine rings is 1. The monoisotopic (exact) mass is 303 g/mol. The lowest BCUT2D eigenvalue weighted by Gasteiger charge is -2.43. The first-order valence-corrected chi connectivity index (χ1v) is 8.19. The number of hydrogen-bond donors (Lipinski definition) is 1. The molecule has 3 atom stereocenters. The van der Waals surface area contributed by atoms with Crippen LogP contribution in [-0.4, -0.2) is 34.5 Å². The summed E-state index contributed by atoms with van der Waals surface area (Å²) in [6, 6.07) is 5.05. The highest BCUT2D eigenvalue weighted by atomic mass is 16.2. The summed E-state index contributed by atoms with van der Waals surface area (Å²) >= 11 is 0. The number of nitrogens with zero attached hydrogens (tertiary/aromatic N) is 2. The molecule has 3 heterocycles. The van der Waals surface area contributed by atoms with E-state index in [1.807, 2.05) is 21.6 Å². The average Bonchev–Trinajstić information content (AvgIpc) is 2.46. The van der Waals surface area contributed by atoms with Crippen molar-refractivity contribution in [1.82, 2.24) is 9.47 Å². The highest BCUT2D eigenvalue weighted by molar-refractivity contribution is 5.81. The fourth-order valence-corrected chi connectivity index (χ4v) is 3.92. The molecule has 0 saturated carbocycles. The minimum absolute atomic E-state index is 0.0649. The molecular weight excluding hydrogens is 278 g/mol. The molecule has 1 amide bonds. The third kappa shape index (κ3) is 2.82. The van der Waals surface area contributed by atoms with Crippen molar-refractivity contribution in [3.63, 3.8) is 0 Å². The molecular formula is C17H25N3O2. The van der Waals surface area contributed by atoms with Crippen LogP contribution in [0, 0.1) is 11.8 Å². The fraction of sp³-hybridized carbons (Fsp3) is 0.647. The van der Waals surface area contributed by atoms with Crippen molar-refractivity contribution < 1.29 is 4.79 Å². The zero-order valence-corrected chi connectivity index (χ0v) is 13.4. The Balaban J connectivity index is 1.79. The highest BCUT2D eigenvalue weighted by Crippen LogP contribution is 2.35. The molecule has 1 fully saturated rings. The summed E-state index contributed by atoms with van der Waals surface area (Å²) in [6.45, 7) is 6.29. The standard InChI is InChI=1S/C17H25N3O2/c1-11(2)6-14(18)17(22)19-8-12-7-13(10-19)15-4-3-5-16(21)20(15)9-12/h3-5,11-14H,6-10,18H2,1-2H3/t12-,13+,14-/m0/s1. The van der Waals surface area contributed by atoms with E-state index >= 15 is 0 Å². The Bertz CT molecular complexity index is 623. The second kappa shape index (κ2) is 5.88. The number of fused-ring (bicyclic) bond motifs is 4. The molecule has 1 saturated heterocycles. The van der Waals surface area contributed by atoms with Gasteiger partial charge in [0.2, 0.25) is 5.91 Å². The first-order valence-electron chi connectivity index (χ1n) is 8.19. The van der Waals surface area contributed by atoms with E-state index in [1.165, 1.54) is 0 Å². The maximum Gasteiger partial charge on any atom is 0.250 e. The Morgan fingerprint density at radius 1 is 1.32 bits per heavy atom. The molecule has 1 aromatic heterocycles. The molecule has 0 aromatic carbocycles. The molecule has 120 valence electrons. The van der Waals surface area contributed by atoms with Gasteiger partial charge < -0.3 is 15.2 Å². The maximum absolute atomic E-state index is 12.6. The van der Waals surface area contributed by atoms with Crippen LogP contribution < -0.4 is 11.3 Å². The number of pyridine rings is 1. The number of aromatic nitrogens is 1. The smallest absolute Gasteiger partial charge is 0.250 e. The molecule has 5 nitrogen and oxygen atoms in total. The van der Waals surface area contributed by atoms with Crippen LogP contribution in [-0.2, 0) is 11.3 Å². The van der Waals surface area contributed by atoms with E-state index < -0.39 is 6.04 Å². The van der Waals surface area contributed by atoms with Gasteiger partial charge in [0.1, 0.15) is 0 Å². The van der Waals surface area contributed by atoms with Crippen LogP contribution in [0.5, 0.6) is 0 Å². The summed E-state index contributed by atoms with van der Waals surface area (Å²) in [5.41, 5.74) is 7.21. The van der Waals surface area contributed by atoms with Crippen LogP contribution in [0.4, 0.5) is 0 Å². The Labute approximate surface area is 131 Å². The Kier molecular flexibility index (Phi) is 4.08. The van der Waals surface area contributed by atoms with Crippen LogP contribution in [0.3, 0.4) is 0 Å². The van der Waals surface area contributed by atoms with Gasteiger partial charge in [0.05, 0.1) is 6.04 Å². The SMILES string of the molecule is CC(C)C[C@H](N)C(=O)N1C[C@@H]2C[C@H](C1)c1cccc(=O)n1C2. The molecule has 2 N–H and O–H groups in total. The lowest BCUT2D eigenvalue weighted by atomic mass is 9.83. The summed E-state index contributed by atoms with van der Waals surface area (Å²) in [7, 11) is 0. The number of rotatable bonds is 3. The van der Waals surface area contributed by atoms with Crippen LogP contribution in [0.25, 0.3) is 0 Å². The topological polar surface area (TPSA) is 68.3 Å². The predicted molar refractivity (Wildman–Crippen MR) is 85.6 cm³/mol. The van der Waals surface area contributed by atoms with Crippen molar-refractivity contribution >= 4 is 5.91 Å². The molecule has 0 radical (unpaired) electrons. The molecule has 0 spiro atoms. The Hall–Kier alpha value is -1.62. The third-order valence-corrected chi connectivity index (χ3v) is 4.83. The largest absolute Gasteiger partial charge is 0.340 e. The molecule has 0 aliphatic carbocycles. The molecule has 2 aliphatic rings. The minimum atomic E-state index is -0.406. The van der Waals surface area contributed by atoms with Crippen molar-refractivity contribution in [2.75, 3.05) is 13.1 Å². The number of amides is 1. The summed E-state index contributed by atoms with van der Waals surface area (Å²) in [5.74, 6) is 1.11. The number of carbonyl (C=O) groups is 1. The molecule has 2 aliphatic heterocycles. The molecule has 22 heavy (non-hydrogen) atoms. The van der Waals surface area contributed by atoms with E-state index in [0.29, 0.717) is 24.9 Å². The number of carbonyl (C=O) groups excluding carboxylic acids is 1. The lowest BCUT2D eigenvalue weighted by Crippen LogP contribution is -2.53. The molecule has 0 unspecified atom stereocenters. The minimum Gasteiger partial charge on any atom is -0.340 e. The van der Waals surface area contributed by atoms with Gasteiger partial charge in [-0.3, -0.25) is 9.59 Å². The van der Waals surface area contributed by atoms with Gasteiger partial charge in [0.25, 0.3) is 5.56 Å². The van der Waals surface area contributed by atoms with Crippen molar-refractivity contribution in [2.24, 2.45) is 17.6 Å². The van der Waals surface area contributed by atoms with E-state index in [0.717, 1.165) is 25.1 Å². The summed E-state index contributed by atoms with van der Waals surface area (Å²) in [4.78, 5) is 26.5. The molecule has 5 heteroatoms. The van der Waals surface area contributed by atoms with Crippen molar-refractivity contribution in [2.45, 2.75) is 45.2 Å². The second-order valence-corrected chi connectivity index (χ2v) is 7.18. The Morgan fingerprint density at radius 3 is 2.82 bits per heavy atom. The van der Waals surface area contributed by atoms with E-state index in [-0.39, 0.29) is 17.4 Å². The van der Waals surface area contributed by atoms with E-state index in [2.05, 4.69) is 13.8 Å². The van der Waals surface area contributed by atoms with Crippen molar-refractivity contribution in [1.29, 1.82) is 0 Å². The van der Waals surface area contributed by atoms with Crippen LogP contribution in [0.15, 0.2) is 23.0 Å². The van der Waals surface area contributed by atoms with Gasteiger partial charge in [-0.2, -0.15) is 0 Å². The molecule has 1 aromatic rings. The van der Waals surface area contributed by atoms with Crippen molar-refractivity contribution in [3.8, 4) is 0 Å². The van der Waals surface area contributed by atoms with Gasteiger partial charge in [0.15, 0.2) is 0 Å². The zero-order valence-electron chi connectivity index (χ0n) is 13.4. The predicted octanol–water partition coefficient (Wildman–Crippen LogP) is 1.17. The number of hydrogen-bond acceptors (Lipinski definition) is 3. The highest BCUT2D eigenvalue weighted by Gasteiger charge is 2.37. The summed E-state index contributed by atoms with van der Waals surface area (Å²) < 4.78 is 1.88. The molecule has 3 rings (SSSR count). The first kappa shape index (κ1) is 15.3. The second-order valence-electron chi connectivity index (χ2n) is 7.18. The van der Waals surface area contributed by atoms with Crippen LogP contribution in [0.1, 0.15) is 38.3 Å².